The van der Waals surface area contributed by atoms with Crippen LogP contribution in [0.25, 0.3) is 120 Å². The van der Waals surface area contributed by atoms with E-state index in [0.29, 0.717) is 0 Å². The van der Waals surface area contributed by atoms with Gasteiger partial charge in [0.15, 0.2) is 0 Å². The minimum absolute atomic E-state index is 0.912. The van der Waals surface area contributed by atoms with E-state index in [0.717, 1.165) is 32.9 Å². The Hall–Kier alpha value is -6.44. The van der Waals surface area contributed by atoms with Crippen molar-refractivity contribution in [3.8, 4) is 22.3 Å². The van der Waals surface area contributed by atoms with Crippen molar-refractivity contribution < 1.29 is 4.42 Å². The number of fused-ring (bicyclic) bond motifs is 5. The smallest absolute Gasteiger partial charge is 0.143 e. The minimum Gasteiger partial charge on any atom is -0.455 e. The van der Waals surface area contributed by atoms with Crippen LogP contribution in [-0.4, -0.2) is 0 Å². The van der Waals surface area contributed by atoms with E-state index in [-0.39, 0.29) is 0 Å². The van der Waals surface area contributed by atoms with Gasteiger partial charge in [0.2, 0.25) is 0 Å². The van der Waals surface area contributed by atoms with Crippen LogP contribution in [0.3, 0.4) is 0 Å². The molecule has 0 atom stereocenters. The maximum absolute atomic E-state index is 6.96. The molecule has 0 aliphatic rings. The first-order valence-electron chi connectivity index (χ1n) is 17.0. The Morgan fingerprint density at radius 3 is 1.61 bits per heavy atom. The molecular formula is C48H26O. The van der Waals surface area contributed by atoms with Gasteiger partial charge in [-0.2, -0.15) is 0 Å². The highest BCUT2D eigenvalue weighted by molar-refractivity contribution is 6.29. The van der Waals surface area contributed by atoms with Crippen LogP contribution in [0.1, 0.15) is 0 Å². The Morgan fingerprint density at radius 1 is 0.286 bits per heavy atom. The van der Waals surface area contributed by atoms with Gasteiger partial charge in [-0.05, 0) is 117 Å². The highest BCUT2D eigenvalue weighted by Crippen LogP contribution is 2.48. The summed E-state index contributed by atoms with van der Waals surface area (Å²) in [5.74, 6) is 0. The van der Waals surface area contributed by atoms with E-state index in [1.807, 2.05) is 0 Å². The van der Waals surface area contributed by atoms with Crippen LogP contribution in [0, 0.1) is 0 Å². The SMILES string of the molecule is c1ccc2c(c1)ccc1c2oc2cc(-c3cc4cccc5ccc6cccc3c6c54)cc(-c3ccc4ccc5cccc6ccc3c4c56)c21. The molecule has 0 unspecified atom stereocenters. The Labute approximate surface area is 280 Å². The van der Waals surface area contributed by atoms with E-state index >= 15 is 0 Å². The predicted octanol–water partition coefficient (Wildman–Crippen LogP) is 13.9. The van der Waals surface area contributed by atoms with Crippen LogP contribution in [0.4, 0.5) is 0 Å². The zero-order valence-corrected chi connectivity index (χ0v) is 26.4. The zero-order chi connectivity index (χ0) is 31.8. The quantitative estimate of drug-likeness (QED) is 0.176. The monoisotopic (exact) mass is 618 g/mol. The maximum Gasteiger partial charge on any atom is 0.143 e. The first-order chi connectivity index (χ1) is 24.3. The molecule has 0 N–H and O–H groups in total. The van der Waals surface area contributed by atoms with Gasteiger partial charge in [-0.1, -0.05) is 133 Å². The fourth-order valence-corrected chi connectivity index (χ4v) is 8.97. The number of rotatable bonds is 2. The van der Waals surface area contributed by atoms with Gasteiger partial charge in [0.25, 0.3) is 0 Å². The third-order valence-electron chi connectivity index (χ3n) is 11.1. The molecule has 12 rings (SSSR count). The molecule has 0 spiro atoms. The van der Waals surface area contributed by atoms with Gasteiger partial charge in [-0.15, -0.1) is 0 Å². The van der Waals surface area contributed by atoms with Gasteiger partial charge in [0, 0.05) is 16.2 Å². The molecule has 1 nitrogen and oxygen atoms in total. The molecule has 1 heterocycles. The fourth-order valence-electron chi connectivity index (χ4n) is 8.97. The van der Waals surface area contributed by atoms with Gasteiger partial charge in [-0.3, -0.25) is 0 Å². The molecule has 0 saturated heterocycles. The van der Waals surface area contributed by atoms with Crippen molar-refractivity contribution in [2.45, 2.75) is 0 Å². The third kappa shape index (κ3) is 3.34. The average molecular weight is 619 g/mol. The Balaban J connectivity index is 1.26. The van der Waals surface area contributed by atoms with E-state index in [2.05, 4.69) is 158 Å². The first kappa shape index (κ1) is 25.6. The summed E-state index contributed by atoms with van der Waals surface area (Å²) in [6.07, 6.45) is 0. The minimum atomic E-state index is 0.912. The summed E-state index contributed by atoms with van der Waals surface area (Å²) in [6.45, 7) is 0. The summed E-state index contributed by atoms with van der Waals surface area (Å²) in [5, 5.41) is 20.1. The van der Waals surface area contributed by atoms with Crippen LogP contribution >= 0.6 is 0 Å². The molecule has 0 fully saturated rings. The van der Waals surface area contributed by atoms with Crippen molar-refractivity contribution in [3.63, 3.8) is 0 Å². The van der Waals surface area contributed by atoms with E-state index in [1.54, 1.807) is 0 Å². The summed E-state index contributed by atoms with van der Waals surface area (Å²) >= 11 is 0. The molecule has 224 valence electrons. The second kappa shape index (κ2) is 9.13. The molecule has 0 amide bonds. The van der Waals surface area contributed by atoms with Gasteiger partial charge in [0.05, 0.1) is 0 Å². The van der Waals surface area contributed by atoms with Crippen LogP contribution < -0.4 is 0 Å². The molecular weight excluding hydrogens is 593 g/mol. The van der Waals surface area contributed by atoms with Crippen molar-refractivity contribution in [2.24, 2.45) is 0 Å². The van der Waals surface area contributed by atoms with Crippen molar-refractivity contribution >= 4 is 97.3 Å². The number of furan rings is 1. The summed E-state index contributed by atoms with van der Waals surface area (Å²) in [7, 11) is 0. The lowest BCUT2D eigenvalue weighted by Crippen LogP contribution is -1.90. The second-order valence-electron chi connectivity index (χ2n) is 13.6. The molecule has 49 heavy (non-hydrogen) atoms. The molecule has 1 heteroatoms. The van der Waals surface area contributed by atoms with Crippen LogP contribution in [0.5, 0.6) is 0 Å². The summed E-state index contributed by atoms with van der Waals surface area (Å²) in [4.78, 5) is 0. The second-order valence-corrected chi connectivity index (χ2v) is 13.6. The van der Waals surface area contributed by atoms with Gasteiger partial charge in [-0.25, -0.2) is 0 Å². The summed E-state index contributed by atoms with van der Waals surface area (Å²) in [5.41, 5.74) is 6.67. The maximum atomic E-state index is 6.96. The standard InChI is InChI=1S/C48H26O/c1-2-12-35-27(6-1)18-23-39-47-41(36-21-19-32-17-15-28-7-3-8-30-20-22-38(36)46(32)43(28)30)25-34(26-42(47)49-48(35)39)40-24-33-11-4-9-29-14-16-31-10-5-13-37(40)45(31)44(29)33/h1-26H. The normalized spacial score (nSPS) is 12.5. The van der Waals surface area contributed by atoms with Crippen molar-refractivity contribution in [1.29, 1.82) is 0 Å². The van der Waals surface area contributed by atoms with Gasteiger partial charge >= 0.3 is 0 Å². The largest absolute Gasteiger partial charge is 0.455 e. The molecule has 0 bridgehead atoms. The van der Waals surface area contributed by atoms with E-state index in [9.17, 15) is 0 Å². The first-order valence-corrected chi connectivity index (χ1v) is 17.0. The van der Waals surface area contributed by atoms with Crippen molar-refractivity contribution in [3.05, 3.63) is 158 Å². The molecule has 0 saturated carbocycles. The predicted molar refractivity (Wildman–Crippen MR) is 210 cm³/mol. The van der Waals surface area contributed by atoms with Crippen LogP contribution in [0.2, 0.25) is 0 Å². The Kier molecular flexibility index (Phi) is 4.77. The number of hydrogen-bond acceptors (Lipinski definition) is 1. The lowest BCUT2D eigenvalue weighted by atomic mass is 9.85. The van der Waals surface area contributed by atoms with Crippen LogP contribution in [-0.2, 0) is 0 Å². The third-order valence-corrected chi connectivity index (χ3v) is 11.1. The average Bonchev–Trinajstić information content (AvgIpc) is 3.55. The number of hydrogen-bond donors (Lipinski definition) is 0. The van der Waals surface area contributed by atoms with E-state index in [1.165, 1.54) is 86.7 Å². The summed E-state index contributed by atoms with van der Waals surface area (Å²) < 4.78 is 6.96. The topological polar surface area (TPSA) is 13.1 Å². The van der Waals surface area contributed by atoms with Gasteiger partial charge < -0.3 is 4.42 Å². The zero-order valence-electron chi connectivity index (χ0n) is 26.4. The summed E-state index contributed by atoms with van der Waals surface area (Å²) in [6, 6.07) is 58.4. The molecule has 1 aromatic heterocycles. The fraction of sp³-hybridized carbons (Fsp3) is 0. The highest BCUT2D eigenvalue weighted by Gasteiger charge is 2.21. The van der Waals surface area contributed by atoms with Crippen LogP contribution in [0.15, 0.2) is 162 Å². The van der Waals surface area contributed by atoms with Crippen molar-refractivity contribution in [1.82, 2.24) is 0 Å². The molecule has 11 aromatic carbocycles. The lowest BCUT2D eigenvalue weighted by Gasteiger charge is -2.17. The van der Waals surface area contributed by atoms with E-state index in [4.69, 9.17) is 4.42 Å². The van der Waals surface area contributed by atoms with Gasteiger partial charge in [0.1, 0.15) is 11.2 Å². The van der Waals surface area contributed by atoms with Crippen molar-refractivity contribution in [2.75, 3.05) is 0 Å². The van der Waals surface area contributed by atoms with E-state index < -0.39 is 0 Å². The molecule has 0 aliphatic carbocycles. The molecule has 0 aliphatic heterocycles. The number of benzene rings is 11. The highest BCUT2D eigenvalue weighted by atomic mass is 16.3. The molecule has 12 aromatic rings. The Morgan fingerprint density at radius 2 is 0.816 bits per heavy atom. The Bertz CT molecular complexity index is 3310. The lowest BCUT2D eigenvalue weighted by molar-refractivity contribution is 0.673. The molecule has 0 radical (unpaired) electrons.